The molecule has 0 radical (unpaired) electrons. The number of rotatable bonds is 4. The Labute approximate surface area is 153 Å². The predicted octanol–water partition coefficient (Wildman–Crippen LogP) is 4.47. The van der Waals surface area contributed by atoms with E-state index >= 15 is 0 Å². The average Bonchev–Trinajstić information content (AvgIpc) is 2.91. The van der Waals surface area contributed by atoms with Crippen molar-refractivity contribution < 1.29 is 22.6 Å². The van der Waals surface area contributed by atoms with Gasteiger partial charge in [-0.15, -0.1) is 0 Å². The Kier molecular flexibility index (Phi) is 4.85. The van der Waals surface area contributed by atoms with E-state index < -0.39 is 23.5 Å². The molecule has 0 amide bonds. The van der Waals surface area contributed by atoms with Gasteiger partial charge in [0.05, 0.1) is 5.56 Å². The largest absolute Gasteiger partial charge is 0.632 e. The number of ether oxygens (including phenoxy) is 1. The second-order valence-electron chi connectivity index (χ2n) is 6.48. The van der Waals surface area contributed by atoms with E-state index in [4.69, 9.17) is 16.3 Å². The van der Waals surface area contributed by atoms with E-state index in [2.05, 4.69) is 9.97 Å². The van der Waals surface area contributed by atoms with Gasteiger partial charge in [0.25, 0.3) is 0 Å². The summed E-state index contributed by atoms with van der Waals surface area (Å²) in [5.41, 5.74) is 2.68. The lowest BCUT2D eigenvalue weighted by atomic mass is 10.1. The van der Waals surface area contributed by atoms with Crippen LogP contribution in [0.25, 0.3) is 0 Å². The van der Waals surface area contributed by atoms with Gasteiger partial charge in [0, 0.05) is 29.1 Å². The number of pyridine rings is 2. The Hall–Kier alpha value is -1.90. The van der Waals surface area contributed by atoms with E-state index in [0.29, 0.717) is 16.3 Å². The van der Waals surface area contributed by atoms with Gasteiger partial charge >= 0.3 is 6.18 Å². The lowest BCUT2D eigenvalue weighted by molar-refractivity contribution is -0.928. The Morgan fingerprint density at radius 1 is 1.35 bits per heavy atom. The molecular weight excluding hydrogens is 371 g/mol. The number of aryl methyl sites for hydroxylation is 1. The van der Waals surface area contributed by atoms with E-state index in [9.17, 15) is 18.4 Å². The van der Waals surface area contributed by atoms with Crippen LogP contribution < -0.4 is 4.74 Å². The SMILES string of the molecule is Cc1cc(C(C)[N+]2([O-])Cc3ccnc(Cl)c3C2)cnc1OCC(F)(F)F. The molecule has 2 unspecified atom stereocenters. The lowest BCUT2D eigenvalue weighted by Gasteiger charge is -2.44. The van der Waals surface area contributed by atoms with E-state index in [1.54, 1.807) is 32.2 Å². The van der Waals surface area contributed by atoms with Gasteiger partial charge in [-0.05, 0) is 26.0 Å². The minimum Gasteiger partial charge on any atom is -0.632 e. The molecule has 1 aliphatic rings. The monoisotopic (exact) mass is 387 g/mol. The minimum atomic E-state index is -4.43. The summed E-state index contributed by atoms with van der Waals surface area (Å²) < 4.78 is 41.0. The number of hydrogen-bond acceptors (Lipinski definition) is 4. The Morgan fingerprint density at radius 3 is 2.69 bits per heavy atom. The van der Waals surface area contributed by atoms with E-state index in [0.717, 1.165) is 11.1 Å². The molecule has 9 heteroatoms. The standard InChI is InChI=1S/C17H17ClF3N3O2/c1-10-5-13(6-23-16(10)26-9-17(19,20)21)11(2)24(25)7-12-3-4-22-15(18)14(12)8-24/h3-6,11H,7-9H2,1-2H3. The third kappa shape index (κ3) is 3.77. The molecule has 0 saturated heterocycles. The Balaban J connectivity index is 1.79. The first-order chi connectivity index (χ1) is 12.1. The molecule has 1 aliphatic heterocycles. The van der Waals surface area contributed by atoms with Gasteiger partial charge in [-0.2, -0.15) is 13.2 Å². The number of nitrogens with zero attached hydrogens (tertiary/aromatic N) is 3. The van der Waals surface area contributed by atoms with E-state index in [1.807, 2.05) is 0 Å². The number of alkyl halides is 3. The maximum atomic E-state index is 13.3. The highest BCUT2D eigenvalue weighted by molar-refractivity contribution is 6.30. The predicted molar refractivity (Wildman–Crippen MR) is 89.2 cm³/mol. The number of hydroxylamine groups is 3. The number of fused-ring (bicyclic) bond motifs is 1. The molecule has 3 heterocycles. The summed E-state index contributed by atoms with van der Waals surface area (Å²) in [5, 5.41) is 13.6. The smallest absolute Gasteiger partial charge is 0.422 e. The second-order valence-corrected chi connectivity index (χ2v) is 6.84. The molecule has 0 saturated carbocycles. The highest BCUT2D eigenvalue weighted by atomic mass is 35.5. The number of aromatic nitrogens is 2. The molecule has 140 valence electrons. The van der Waals surface area contributed by atoms with Gasteiger partial charge in [0.1, 0.15) is 24.3 Å². The normalized spacial score (nSPS) is 20.7. The lowest BCUT2D eigenvalue weighted by Crippen LogP contribution is -2.38. The molecule has 0 N–H and O–H groups in total. The molecule has 2 aromatic rings. The maximum absolute atomic E-state index is 13.3. The van der Waals surface area contributed by atoms with Crippen LogP contribution in [0.5, 0.6) is 5.88 Å². The number of quaternary nitrogens is 1. The van der Waals surface area contributed by atoms with Gasteiger partial charge in [0.15, 0.2) is 6.61 Å². The van der Waals surface area contributed by atoms with Crippen molar-refractivity contribution in [2.24, 2.45) is 0 Å². The molecule has 26 heavy (non-hydrogen) atoms. The summed E-state index contributed by atoms with van der Waals surface area (Å²) >= 11 is 6.08. The molecule has 0 aromatic carbocycles. The fraction of sp³-hybridized carbons (Fsp3) is 0.412. The first-order valence-corrected chi connectivity index (χ1v) is 8.33. The quantitative estimate of drug-likeness (QED) is 0.441. The topological polar surface area (TPSA) is 58.1 Å². The highest BCUT2D eigenvalue weighted by Crippen LogP contribution is 2.40. The van der Waals surface area contributed by atoms with Crippen LogP contribution in [0.1, 0.15) is 35.2 Å². The van der Waals surface area contributed by atoms with E-state index in [-0.39, 0.29) is 19.0 Å². The zero-order valence-corrected chi connectivity index (χ0v) is 14.9. The van der Waals surface area contributed by atoms with Gasteiger partial charge in [-0.25, -0.2) is 9.97 Å². The van der Waals surface area contributed by atoms with Crippen molar-refractivity contribution in [1.82, 2.24) is 9.97 Å². The Bertz CT molecular complexity index is 831. The van der Waals surface area contributed by atoms with Crippen molar-refractivity contribution in [2.75, 3.05) is 6.61 Å². The number of halogens is 4. The first-order valence-electron chi connectivity index (χ1n) is 7.95. The van der Waals surface area contributed by atoms with Crippen LogP contribution in [0.2, 0.25) is 5.15 Å². The van der Waals surface area contributed by atoms with Crippen LogP contribution in [-0.4, -0.2) is 27.4 Å². The molecule has 5 nitrogen and oxygen atoms in total. The maximum Gasteiger partial charge on any atom is 0.422 e. The summed E-state index contributed by atoms with van der Waals surface area (Å²) in [6, 6.07) is 2.95. The van der Waals surface area contributed by atoms with Crippen LogP contribution in [0.15, 0.2) is 24.5 Å². The van der Waals surface area contributed by atoms with Gasteiger partial charge in [-0.1, -0.05) is 11.6 Å². The van der Waals surface area contributed by atoms with Crippen molar-refractivity contribution >= 4 is 11.6 Å². The van der Waals surface area contributed by atoms with Crippen LogP contribution in [0, 0.1) is 12.1 Å². The van der Waals surface area contributed by atoms with Gasteiger partial charge in [-0.3, -0.25) is 0 Å². The van der Waals surface area contributed by atoms with E-state index in [1.165, 1.54) is 6.20 Å². The fourth-order valence-electron chi connectivity index (χ4n) is 3.09. The van der Waals surface area contributed by atoms with Crippen molar-refractivity contribution in [1.29, 1.82) is 0 Å². The first kappa shape index (κ1) is 18.9. The van der Waals surface area contributed by atoms with Crippen LogP contribution >= 0.6 is 11.6 Å². The second kappa shape index (κ2) is 6.68. The summed E-state index contributed by atoms with van der Waals surface area (Å²) in [7, 11) is 0. The molecule has 3 rings (SSSR count). The zero-order chi connectivity index (χ0) is 19.1. The summed E-state index contributed by atoms with van der Waals surface area (Å²) in [6.45, 7) is 2.41. The molecule has 0 bridgehead atoms. The molecule has 0 spiro atoms. The molecule has 0 fully saturated rings. The zero-order valence-electron chi connectivity index (χ0n) is 14.2. The van der Waals surface area contributed by atoms with Crippen molar-refractivity contribution in [3.8, 4) is 5.88 Å². The van der Waals surface area contributed by atoms with Crippen LogP contribution in [0.3, 0.4) is 0 Å². The molecular formula is C17H17ClF3N3O2. The average molecular weight is 388 g/mol. The molecule has 2 aromatic heterocycles. The third-order valence-electron chi connectivity index (χ3n) is 4.58. The minimum absolute atomic E-state index is 0.0901. The van der Waals surface area contributed by atoms with Crippen LogP contribution in [0.4, 0.5) is 13.2 Å². The van der Waals surface area contributed by atoms with Crippen molar-refractivity contribution in [2.45, 2.75) is 39.2 Å². The summed E-state index contributed by atoms with van der Waals surface area (Å²) in [4.78, 5) is 7.97. The third-order valence-corrected chi connectivity index (χ3v) is 4.90. The molecule has 2 atom stereocenters. The fourth-order valence-corrected chi connectivity index (χ4v) is 3.33. The Morgan fingerprint density at radius 2 is 2.08 bits per heavy atom. The van der Waals surface area contributed by atoms with Crippen molar-refractivity contribution in [3.63, 3.8) is 0 Å². The highest BCUT2D eigenvalue weighted by Gasteiger charge is 2.36. The van der Waals surface area contributed by atoms with Gasteiger partial charge in [0.2, 0.25) is 5.88 Å². The summed E-state index contributed by atoms with van der Waals surface area (Å²) in [6.07, 6.45) is -1.47. The number of hydrogen-bond donors (Lipinski definition) is 0. The van der Waals surface area contributed by atoms with Gasteiger partial charge < -0.3 is 14.6 Å². The summed E-state index contributed by atoms with van der Waals surface area (Å²) in [5.74, 6) is -0.0901. The molecule has 0 aliphatic carbocycles. The van der Waals surface area contributed by atoms with Crippen molar-refractivity contribution in [3.05, 3.63) is 57.1 Å². The van der Waals surface area contributed by atoms with Crippen LogP contribution in [-0.2, 0) is 13.1 Å².